The fourth-order valence-corrected chi connectivity index (χ4v) is 6.53. The summed E-state index contributed by atoms with van der Waals surface area (Å²) in [5.41, 5.74) is -0.772. The third kappa shape index (κ3) is 5.39. The van der Waals surface area contributed by atoms with Crippen molar-refractivity contribution in [3.63, 3.8) is 0 Å². The molecular formula is C19H27N5O3S2. The Balaban J connectivity index is 1.66. The van der Waals surface area contributed by atoms with Crippen LogP contribution in [0.15, 0.2) is 17.8 Å². The van der Waals surface area contributed by atoms with Gasteiger partial charge in [0.05, 0.1) is 23.3 Å². The van der Waals surface area contributed by atoms with Crippen molar-refractivity contribution in [2.24, 2.45) is 0 Å². The van der Waals surface area contributed by atoms with E-state index >= 15 is 0 Å². The third-order valence-electron chi connectivity index (χ3n) is 5.54. The summed E-state index contributed by atoms with van der Waals surface area (Å²) in [6.45, 7) is 4.20. The molecule has 8 nitrogen and oxygen atoms in total. The predicted octanol–water partition coefficient (Wildman–Crippen LogP) is 2.19. The van der Waals surface area contributed by atoms with Crippen LogP contribution in [0, 0.1) is 11.3 Å². The second-order valence-corrected chi connectivity index (χ2v) is 11.0. The minimum absolute atomic E-state index is 0.0815. The predicted molar refractivity (Wildman–Crippen MR) is 111 cm³/mol. The summed E-state index contributed by atoms with van der Waals surface area (Å²) in [5.74, 6) is 0.630. The van der Waals surface area contributed by atoms with Crippen molar-refractivity contribution < 1.29 is 13.2 Å². The zero-order valence-corrected chi connectivity index (χ0v) is 18.1. The summed E-state index contributed by atoms with van der Waals surface area (Å²) in [6, 6.07) is 2.32. The van der Waals surface area contributed by atoms with Gasteiger partial charge in [0.15, 0.2) is 15.0 Å². The van der Waals surface area contributed by atoms with E-state index in [1.54, 1.807) is 6.08 Å². The Labute approximate surface area is 176 Å². The molecule has 1 aliphatic heterocycles. The lowest BCUT2D eigenvalue weighted by atomic mass is 9.92. The Morgan fingerprint density at radius 2 is 2.07 bits per heavy atom. The smallest absolute Gasteiger partial charge is 0.231 e. The molecule has 158 valence electrons. The van der Waals surface area contributed by atoms with Gasteiger partial charge in [-0.05, 0) is 19.3 Å². The lowest BCUT2D eigenvalue weighted by Gasteiger charge is -2.26. The van der Waals surface area contributed by atoms with Crippen LogP contribution in [0.25, 0.3) is 0 Å². The summed E-state index contributed by atoms with van der Waals surface area (Å²) in [5, 5.41) is 21.5. The zero-order chi connectivity index (χ0) is 20.9. The van der Waals surface area contributed by atoms with Crippen LogP contribution in [-0.4, -0.2) is 51.9 Å². The number of sulfone groups is 1. The van der Waals surface area contributed by atoms with Gasteiger partial charge in [-0.3, -0.25) is 4.79 Å². The first kappa shape index (κ1) is 21.8. The maximum atomic E-state index is 12.5. The van der Waals surface area contributed by atoms with E-state index in [1.165, 1.54) is 11.8 Å². The topological polar surface area (TPSA) is 118 Å². The molecule has 29 heavy (non-hydrogen) atoms. The van der Waals surface area contributed by atoms with E-state index in [0.29, 0.717) is 36.8 Å². The van der Waals surface area contributed by atoms with Crippen molar-refractivity contribution in [3.05, 3.63) is 18.5 Å². The normalized spacial score (nSPS) is 23.1. The number of aromatic nitrogens is 3. The van der Waals surface area contributed by atoms with Gasteiger partial charge in [0.25, 0.3) is 0 Å². The van der Waals surface area contributed by atoms with Crippen molar-refractivity contribution in [3.8, 4) is 6.07 Å². The Hall–Kier alpha value is -1.86. The SMILES string of the molecule is C=CCn1c(SCC(=O)NC2(C#N)CCCCCC2)nnc1[C@@H]1CCS(=O)(=O)C1. The quantitative estimate of drug-likeness (QED) is 0.395. The van der Waals surface area contributed by atoms with Gasteiger partial charge in [0, 0.05) is 12.5 Å². The monoisotopic (exact) mass is 437 g/mol. The summed E-state index contributed by atoms with van der Waals surface area (Å²) in [7, 11) is -3.03. The molecule has 0 aromatic carbocycles. The number of nitrogens with one attached hydrogen (secondary N) is 1. The maximum Gasteiger partial charge on any atom is 0.231 e. The average molecular weight is 438 g/mol. The van der Waals surface area contributed by atoms with Crippen molar-refractivity contribution in [2.75, 3.05) is 17.3 Å². The molecule has 0 radical (unpaired) electrons. The molecular weight excluding hydrogens is 410 g/mol. The van der Waals surface area contributed by atoms with Crippen LogP contribution >= 0.6 is 11.8 Å². The molecule has 0 unspecified atom stereocenters. The minimum atomic E-state index is -3.03. The van der Waals surface area contributed by atoms with E-state index in [0.717, 1.165) is 25.7 Å². The summed E-state index contributed by atoms with van der Waals surface area (Å²) < 4.78 is 25.5. The highest BCUT2D eigenvalue weighted by Crippen LogP contribution is 2.30. The van der Waals surface area contributed by atoms with Crippen molar-refractivity contribution in [1.29, 1.82) is 5.26 Å². The number of hydrogen-bond donors (Lipinski definition) is 1. The number of allylic oxidation sites excluding steroid dienone is 1. The van der Waals surface area contributed by atoms with Gasteiger partial charge in [-0.15, -0.1) is 16.8 Å². The van der Waals surface area contributed by atoms with Gasteiger partial charge in [-0.25, -0.2) is 8.42 Å². The van der Waals surface area contributed by atoms with Gasteiger partial charge in [-0.2, -0.15) is 5.26 Å². The number of nitriles is 1. The van der Waals surface area contributed by atoms with E-state index < -0.39 is 15.4 Å². The van der Waals surface area contributed by atoms with E-state index in [2.05, 4.69) is 28.2 Å². The number of hydrogen-bond acceptors (Lipinski definition) is 7. The molecule has 1 atom stereocenters. The van der Waals surface area contributed by atoms with Crippen molar-refractivity contribution >= 4 is 27.5 Å². The molecule has 2 aliphatic rings. The number of amides is 1. The number of rotatable bonds is 7. The highest BCUT2D eigenvalue weighted by atomic mass is 32.2. The largest absolute Gasteiger partial charge is 0.337 e. The summed E-state index contributed by atoms with van der Waals surface area (Å²) >= 11 is 1.25. The molecule has 0 bridgehead atoms. The van der Waals surface area contributed by atoms with Gasteiger partial charge in [-0.1, -0.05) is 43.5 Å². The van der Waals surface area contributed by atoms with Crippen LogP contribution in [0.3, 0.4) is 0 Å². The van der Waals surface area contributed by atoms with Crippen LogP contribution < -0.4 is 5.32 Å². The Morgan fingerprint density at radius 3 is 2.66 bits per heavy atom. The second kappa shape index (κ2) is 9.30. The molecule has 2 fully saturated rings. The molecule has 10 heteroatoms. The van der Waals surface area contributed by atoms with E-state index in [4.69, 9.17) is 0 Å². The number of nitrogens with zero attached hydrogens (tertiary/aromatic N) is 4. The second-order valence-electron chi connectivity index (χ2n) is 7.78. The van der Waals surface area contributed by atoms with Crippen LogP contribution in [0.2, 0.25) is 0 Å². The molecule has 1 aromatic heterocycles. The average Bonchev–Trinajstić information content (AvgIpc) is 3.16. The lowest BCUT2D eigenvalue weighted by molar-refractivity contribution is -0.120. The Kier molecular flexibility index (Phi) is 7.01. The van der Waals surface area contributed by atoms with E-state index in [1.807, 2.05) is 4.57 Å². The molecule has 2 heterocycles. The minimum Gasteiger partial charge on any atom is -0.337 e. The Morgan fingerprint density at radius 1 is 1.34 bits per heavy atom. The van der Waals surface area contributed by atoms with Gasteiger partial charge in [0.2, 0.25) is 5.91 Å². The molecule has 1 N–H and O–H groups in total. The zero-order valence-electron chi connectivity index (χ0n) is 16.5. The molecule has 1 amide bonds. The molecule has 1 aromatic rings. The first-order valence-corrected chi connectivity index (χ1v) is 12.8. The van der Waals surface area contributed by atoms with Gasteiger partial charge < -0.3 is 9.88 Å². The highest BCUT2D eigenvalue weighted by molar-refractivity contribution is 7.99. The molecule has 1 aliphatic carbocycles. The third-order valence-corrected chi connectivity index (χ3v) is 8.27. The lowest BCUT2D eigenvalue weighted by Crippen LogP contribution is -2.47. The van der Waals surface area contributed by atoms with Crippen molar-refractivity contribution in [2.45, 2.75) is 68.1 Å². The number of thioether (sulfide) groups is 1. The number of carbonyl (C=O) groups is 1. The van der Waals surface area contributed by atoms with Crippen LogP contribution in [0.1, 0.15) is 56.7 Å². The molecule has 0 spiro atoms. The fraction of sp³-hybridized carbons (Fsp3) is 0.684. The summed E-state index contributed by atoms with van der Waals surface area (Å²) in [6.07, 6.45) is 7.70. The van der Waals surface area contributed by atoms with Gasteiger partial charge >= 0.3 is 0 Å². The first-order valence-electron chi connectivity index (χ1n) is 9.97. The standard InChI is InChI=1S/C19H27N5O3S2/c1-2-10-24-17(15-7-11-29(26,27)13-15)22-23-18(24)28-12-16(25)21-19(14-20)8-5-3-4-6-9-19/h2,15H,1,3-13H2,(H,21,25)/t15-/m1/s1. The van der Waals surface area contributed by atoms with E-state index in [-0.39, 0.29) is 29.1 Å². The maximum absolute atomic E-state index is 12.5. The summed E-state index contributed by atoms with van der Waals surface area (Å²) in [4.78, 5) is 12.5. The molecule has 1 saturated heterocycles. The fourth-order valence-electron chi connectivity index (χ4n) is 4.04. The van der Waals surface area contributed by atoms with Crippen molar-refractivity contribution in [1.82, 2.24) is 20.1 Å². The van der Waals surface area contributed by atoms with Crippen LogP contribution in [0.5, 0.6) is 0 Å². The van der Waals surface area contributed by atoms with Gasteiger partial charge in [0.1, 0.15) is 11.4 Å². The van der Waals surface area contributed by atoms with E-state index in [9.17, 15) is 18.5 Å². The number of carbonyl (C=O) groups excluding carboxylic acids is 1. The van der Waals surface area contributed by atoms with Crippen LogP contribution in [0.4, 0.5) is 0 Å². The first-order chi connectivity index (χ1) is 13.9. The Bertz CT molecular complexity index is 895. The molecule has 1 saturated carbocycles. The highest BCUT2D eigenvalue weighted by Gasteiger charge is 2.34. The van der Waals surface area contributed by atoms with Crippen LogP contribution in [-0.2, 0) is 21.2 Å². The molecule has 3 rings (SSSR count).